The molecule has 4 heteroatoms. The fourth-order valence-corrected chi connectivity index (χ4v) is 3.44. The van der Waals surface area contributed by atoms with E-state index >= 15 is 0 Å². The number of fused-ring (bicyclic) bond motifs is 1. The van der Waals surface area contributed by atoms with Crippen molar-refractivity contribution in [3.63, 3.8) is 0 Å². The summed E-state index contributed by atoms with van der Waals surface area (Å²) < 4.78 is 5.62. The Labute approximate surface area is 116 Å². The molecule has 0 bridgehead atoms. The highest BCUT2D eigenvalue weighted by Gasteiger charge is 2.30. The second-order valence-corrected chi connectivity index (χ2v) is 6.26. The first-order chi connectivity index (χ1) is 9.15. The van der Waals surface area contributed by atoms with Gasteiger partial charge in [-0.25, -0.2) is 4.98 Å². The van der Waals surface area contributed by atoms with Crippen molar-refractivity contribution in [3.8, 4) is 5.75 Å². The molecule has 0 saturated carbocycles. The van der Waals surface area contributed by atoms with E-state index in [1.807, 2.05) is 31.2 Å². The topological polar surface area (TPSA) is 42.4 Å². The Kier molecular flexibility index (Phi) is 3.29. The van der Waals surface area contributed by atoms with Gasteiger partial charge in [-0.2, -0.15) is 0 Å². The van der Waals surface area contributed by atoms with Gasteiger partial charge in [-0.15, -0.1) is 11.3 Å². The summed E-state index contributed by atoms with van der Waals surface area (Å²) in [4.78, 5) is 5.72. The van der Waals surface area contributed by atoms with Gasteiger partial charge in [0, 0.05) is 22.8 Å². The second kappa shape index (κ2) is 4.94. The monoisotopic (exact) mass is 275 g/mol. The van der Waals surface area contributed by atoms with Crippen molar-refractivity contribution in [2.75, 3.05) is 6.61 Å². The highest BCUT2D eigenvalue weighted by molar-refractivity contribution is 7.11. The van der Waals surface area contributed by atoms with Crippen LogP contribution in [0.2, 0.25) is 0 Å². The number of rotatable bonds is 3. The summed E-state index contributed by atoms with van der Waals surface area (Å²) in [5.74, 6) is 0.957. The number of benzene rings is 1. The van der Waals surface area contributed by atoms with Gasteiger partial charge < -0.3 is 9.84 Å². The molecule has 0 fully saturated rings. The first kappa shape index (κ1) is 12.6. The molecule has 2 aromatic rings. The Balaban J connectivity index is 1.77. The molecule has 3 nitrogen and oxygen atoms in total. The highest BCUT2D eigenvalue weighted by Crippen LogP contribution is 2.36. The van der Waals surface area contributed by atoms with Crippen molar-refractivity contribution in [2.24, 2.45) is 0 Å². The molecule has 100 valence electrons. The molecule has 1 aromatic carbocycles. The number of ether oxygens (including phenoxy) is 1. The number of aliphatic hydroxyl groups is 1. The van der Waals surface area contributed by atoms with Crippen LogP contribution >= 0.6 is 11.3 Å². The van der Waals surface area contributed by atoms with Crippen LogP contribution in [-0.2, 0) is 6.42 Å². The van der Waals surface area contributed by atoms with Gasteiger partial charge in [0.25, 0.3) is 0 Å². The third-order valence-corrected chi connectivity index (χ3v) is 4.75. The zero-order valence-electron chi connectivity index (χ0n) is 11.1. The molecule has 0 spiro atoms. The smallest absolute Gasteiger partial charge is 0.123 e. The number of aromatic nitrogens is 1. The maximum absolute atomic E-state index is 10.4. The lowest BCUT2D eigenvalue weighted by molar-refractivity contribution is 0.129. The molecule has 0 radical (unpaired) electrons. The minimum absolute atomic E-state index is 0.0562. The van der Waals surface area contributed by atoms with Gasteiger partial charge in [0.05, 0.1) is 23.4 Å². The van der Waals surface area contributed by atoms with Crippen molar-refractivity contribution < 1.29 is 9.84 Å². The molecule has 1 aliphatic rings. The van der Waals surface area contributed by atoms with E-state index in [0.717, 1.165) is 22.0 Å². The Morgan fingerprint density at radius 2 is 2.21 bits per heavy atom. The van der Waals surface area contributed by atoms with Crippen LogP contribution < -0.4 is 4.74 Å². The van der Waals surface area contributed by atoms with E-state index < -0.39 is 6.10 Å². The van der Waals surface area contributed by atoms with Crippen LogP contribution in [-0.4, -0.2) is 22.8 Å². The van der Waals surface area contributed by atoms with Crippen LogP contribution in [0, 0.1) is 13.8 Å². The summed E-state index contributed by atoms with van der Waals surface area (Å²) in [5.41, 5.74) is 2.18. The Morgan fingerprint density at radius 3 is 2.95 bits per heavy atom. The average molecular weight is 275 g/mol. The lowest BCUT2D eigenvalue weighted by atomic mass is 9.94. The van der Waals surface area contributed by atoms with Gasteiger partial charge in [-0.3, -0.25) is 0 Å². The molecule has 0 amide bonds. The van der Waals surface area contributed by atoms with E-state index in [2.05, 4.69) is 11.9 Å². The molecule has 0 aliphatic carbocycles. The zero-order chi connectivity index (χ0) is 13.4. The second-order valence-electron chi connectivity index (χ2n) is 4.98. The maximum Gasteiger partial charge on any atom is 0.123 e. The van der Waals surface area contributed by atoms with Gasteiger partial charge in [0.1, 0.15) is 5.75 Å². The Hall–Kier alpha value is -1.39. The number of aryl methyl sites for hydroxylation is 2. The van der Waals surface area contributed by atoms with Gasteiger partial charge in [0.15, 0.2) is 0 Å². The quantitative estimate of drug-likeness (QED) is 0.936. The molecular weight excluding hydrogens is 258 g/mol. The van der Waals surface area contributed by atoms with Crippen molar-refractivity contribution >= 4 is 11.3 Å². The summed E-state index contributed by atoms with van der Waals surface area (Å²) in [6, 6.07) is 7.94. The fourth-order valence-electron chi connectivity index (χ4n) is 2.45. The summed E-state index contributed by atoms with van der Waals surface area (Å²) in [5, 5.41) is 11.4. The average Bonchev–Trinajstić information content (AvgIpc) is 2.94. The van der Waals surface area contributed by atoms with Crippen LogP contribution in [0.15, 0.2) is 24.3 Å². The molecular formula is C15H17NO2S. The van der Waals surface area contributed by atoms with Gasteiger partial charge in [0.2, 0.25) is 0 Å². The van der Waals surface area contributed by atoms with Crippen LogP contribution in [0.25, 0.3) is 0 Å². The zero-order valence-corrected chi connectivity index (χ0v) is 11.9. The van der Waals surface area contributed by atoms with E-state index in [9.17, 15) is 5.11 Å². The van der Waals surface area contributed by atoms with Gasteiger partial charge in [-0.05, 0) is 19.9 Å². The SMILES string of the molecule is Cc1nc(CC(O)C2COc3ccccc32)sc1C. The van der Waals surface area contributed by atoms with Crippen molar-refractivity contribution in [3.05, 3.63) is 45.4 Å². The van der Waals surface area contributed by atoms with Gasteiger partial charge in [-0.1, -0.05) is 18.2 Å². The molecule has 1 aliphatic heterocycles. The van der Waals surface area contributed by atoms with Crippen molar-refractivity contribution in [1.29, 1.82) is 0 Å². The van der Waals surface area contributed by atoms with Crippen LogP contribution in [0.3, 0.4) is 0 Å². The summed E-state index contributed by atoms with van der Waals surface area (Å²) >= 11 is 1.67. The van der Waals surface area contributed by atoms with Crippen LogP contribution in [0.1, 0.15) is 27.1 Å². The van der Waals surface area contributed by atoms with Crippen molar-refractivity contribution in [2.45, 2.75) is 32.3 Å². The number of nitrogens with zero attached hydrogens (tertiary/aromatic N) is 1. The van der Waals surface area contributed by atoms with E-state index in [1.165, 1.54) is 4.88 Å². The van der Waals surface area contributed by atoms with E-state index in [0.29, 0.717) is 13.0 Å². The normalized spacial score (nSPS) is 19.0. The third kappa shape index (κ3) is 2.38. The predicted molar refractivity (Wildman–Crippen MR) is 76.0 cm³/mol. The number of hydrogen-bond donors (Lipinski definition) is 1. The summed E-state index contributed by atoms with van der Waals surface area (Å²) in [6.07, 6.45) is 0.162. The molecule has 3 rings (SSSR count). The number of para-hydroxylation sites is 1. The predicted octanol–water partition coefficient (Wildman–Crippen LogP) is 2.84. The van der Waals surface area contributed by atoms with Gasteiger partial charge >= 0.3 is 0 Å². The maximum atomic E-state index is 10.4. The van der Waals surface area contributed by atoms with E-state index in [4.69, 9.17) is 4.74 Å². The summed E-state index contributed by atoms with van der Waals surface area (Å²) in [7, 11) is 0. The largest absolute Gasteiger partial charge is 0.493 e. The molecule has 1 aromatic heterocycles. The number of thiazole rings is 1. The number of hydrogen-bond acceptors (Lipinski definition) is 4. The number of aliphatic hydroxyl groups excluding tert-OH is 1. The molecule has 1 N–H and O–H groups in total. The van der Waals surface area contributed by atoms with Crippen LogP contribution in [0.4, 0.5) is 0 Å². The standard InChI is InChI=1S/C15H17NO2S/c1-9-10(2)19-15(16-9)7-13(17)12-8-18-14-6-4-3-5-11(12)14/h3-6,12-13,17H,7-8H2,1-2H3. The Morgan fingerprint density at radius 1 is 1.42 bits per heavy atom. The third-order valence-electron chi connectivity index (χ3n) is 3.66. The van der Waals surface area contributed by atoms with E-state index in [1.54, 1.807) is 11.3 Å². The molecule has 2 heterocycles. The molecule has 2 atom stereocenters. The minimum Gasteiger partial charge on any atom is -0.493 e. The Bertz CT molecular complexity index is 574. The summed E-state index contributed by atoms with van der Waals surface area (Å²) in [6.45, 7) is 4.64. The lowest BCUT2D eigenvalue weighted by Crippen LogP contribution is -2.22. The first-order valence-corrected chi connectivity index (χ1v) is 7.29. The van der Waals surface area contributed by atoms with E-state index in [-0.39, 0.29) is 5.92 Å². The molecule has 2 unspecified atom stereocenters. The molecule has 19 heavy (non-hydrogen) atoms. The lowest BCUT2D eigenvalue weighted by Gasteiger charge is -2.15. The minimum atomic E-state index is -0.436. The first-order valence-electron chi connectivity index (χ1n) is 6.48. The fraction of sp³-hybridized carbons (Fsp3) is 0.400. The van der Waals surface area contributed by atoms with Crippen LogP contribution in [0.5, 0.6) is 5.75 Å². The molecule has 0 saturated heterocycles. The van der Waals surface area contributed by atoms with Crippen molar-refractivity contribution in [1.82, 2.24) is 4.98 Å². The highest BCUT2D eigenvalue weighted by atomic mass is 32.1.